The van der Waals surface area contributed by atoms with Crippen LogP contribution in [0.4, 0.5) is 5.69 Å². The fourth-order valence-corrected chi connectivity index (χ4v) is 2.62. The van der Waals surface area contributed by atoms with Gasteiger partial charge in [-0.3, -0.25) is 4.79 Å². The molecule has 1 aliphatic heterocycles. The van der Waals surface area contributed by atoms with Crippen molar-refractivity contribution in [2.75, 3.05) is 31.6 Å². The van der Waals surface area contributed by atoms with Gasteiger partial charge in [0, 0.05) is 31.2 Å². The number of carbonyl (C=O) groups is 1. The molecule has 0 aliphatic carbocycles. The maximum Gasteiger partial charge on any atom is 0.150 e. The molecule has 1 unspecified atom stereocenters. The smallest absolute Gasteiger partial charge is 0.150 e. The van der Waals surface area contributed by atoms with Gasteiger partial charge in [-0.2, -0.15) is 0 Å². The first-order chi connectivity index (χ1) is 8.11. The Morgan fingerprint density at radius 3 is 2.76 bits per heavy atom. The van der Waals surface area contributed by atoms with Crippen molar-refractivity contribution < 1.29 is 4.79 Å². The lowest BCUT2D eigenvalue weighted by Crippen LogP contribution is -2.50. The number of benzene rings is 1. The van der Waals surface area contributed by atoms with Crippen LogP contribution >= 0.6 is 11.6 Å². The van der Waals surface area contributed by atoms with Gasteiger partial charge in [0.1, 0.15) is 6.29 Å². The quantitative estimate of drug-likeness (QED) is 0.755. The highest BCUT2D eigenvalue weighted by molar-refractivity contribution is 6.33. The summed E-state index contributed by atoms with van der Waals surface area (Å²) >= 11 is 6.23. The summed E-state index contributed by atoms with van der Waals surface area (Å²) in [6.07, 6.45) is 0.822. The van der Waals surface area contributed by atoms with Crippen molar-refractivity contribution in [3.05, 3.63) is 28.8 Å². The van der Waals surface area contributed by atoms with Crippen LogP contribution in [0.5, 0.6) is 0 Å². The lowest BCUT2D eigenvalue weighted by atomic mass is 10.1. The Bertz CT molecular complexity index is 422. The van der Waals surface area contributed by atoms with Crippen LogP contribution in [-0.2, 0) is 0 Å². The summed E-state index contributed by atoms with van der Waals surface area (Å²) in [5, 5.41) is 0.658. The lowest BCUT2D eigenvalue weighted by Gasteiger charge is -2.40. The van der Waals surface area contributed by atoms with E-state index in [-0.39, 0.29) is 0 Å². The van der Waals surface area contributed by atoms with Crippen LogP contribution in [0.3, 0.4) is 0 Å². The number of halogens is 1. The zero-order chi connectivity index (χ0) is 12.4. The number of anilines is 1. The molecule has 0 aromatic heterocycles. The van der Waals surface area contributed by atoms with Gasteiger partial charge in [-0.25, -0.2) is 0 Å². The van der Waals surface area contributed by atoms with Crippen molar-refractivity contribution in [2.45, 2.75) is 13.0 Å². The van der Waals surface area contributed by atoms with E-state index in [9.17, 15) is 4.79 Å². The standard InChI is InChI=1S/C13H17ClN2O/c1-10-8-15(2)5-6-16(10)13-4-3-11(9-17)7-12(13)14/h3-4,7,9-10H,5-6,8H2,1-2H3. The third kappa shape index (κ3) is 2.61. The van der Waals surface area contributed by atoms with Crippen LogP contribution in [0.1, 0.15) is 17.3 Å². The summed E-state index contributed by atoms with van der Waals surface area (Å²) in [4.78, 5) is 15.3. The van der Waals surface area contributed by atoms with E-state index in [1.54, 1.807) is 6.07 Å². The minimum absolute atomic E-state index is 0.438. The molecule has 1 aromatic carbocycles. The van der Waals surface area contributed by atoms with Crippen LogP contribution in [0.25, 0.3) is 0 Å². The van der Waals surface area contributed by atoms with E-state index >= 15 is 0 Å². The molecule has 1 atom stereocenters. The molecule has 0 N–H and O–H groups in total. The van der Waals surface area contributed by atoms with E-state index in [2.05, 4.69) is 23.8 Å². The largest absolute Gasteiger partial charge is 0.365 e. The molecule has 0 spiro atoms. The third-order valence-corrected chi connectivity index (χ3v) is 3.55. The molecule has 1 fully saturated rings. The van der Waals surface area contributed by atoms with Crippen LogP contribution in [-0.4, -0.2) is 43.9 Å². The maximum absolute atomic E-state index is 10.7. The summed E-state index contributed by atoms with van der Waals surface area (Å²) in [5.41, 5.74) is 1.65. The highest BCUT2D eigenvalue weighted by Crippen LogP contribution is 2.29. The van der Waals surface area contributed by atoms with E-state index in [1.807, 2.05) is 12.1 Å². The summed E-state index contributed by atoms with van der Waals surface area (Å²) in [7, 11) is 2.13. The van der Waals surface area contributed by atoms with Gasteiger partial charge in [0.25, 0.3) is 0 Å². The number of rotatable bonds is 2. The number of hydrogen-bond donors (Lipinski definition) is 0. The summed E-state index contributed by atoms with van der Waals surface area (Å²) in [5.74, 6) is 0. The molecule has 0 bridgehead atoms. The van der Waals surface area contributed by atoms with Gasteiger partial charge in [-0.1, -0.05) is 11.6 Å². The first-order valence-electron chi connectivity index (χ1n) is 5.81. The first kappa shape index (κ1) is 12.4. The van der Waals surface area contributed by atoms with Crippen LogP contribution in [0.2, 0.25) is 5.02 Å². The third-order valence-electron chi connectivity index (χ3n) is 3.25. The average molecular weight is 253 g/mol. The second kappa shape index (κ2) is 5.07. The Kier molecular flexibility index (Phi) is 3.69. The predicted molar refractivity (Wildman–Crippen MR) is 71.1 cm³/mol. The van der Waals surface area contributed by atoms with Crippen molar-refractivity contribution in [2.24, 2.45) is 0 Å². The summed E-state index contributed by atoms with van der Waals surface area (Å²) < 4.78 is 0. The monoisotopic (exact) mass is 252 g/mol. The molecule has 4 heteroatoms. The lowest BCUT2D eigenvalue weighted by molar-refractivity contribution is 0.112. The zero-order valence-electron chi connectivity index (χ0n) is 10.2. The van der Waals surface area contributed by atoms with Gasteiger partial charge in [0.15, 0.2) is 0 Å². The fraction of sp³-hybridized carbons (Fsp3) is 0.462. The van der Waals surface area contributed by atoms with E-state index in [0.717, 1.165) is 31.6 Å². The molecule has 1 saturated heterocycles. The Morgan fingerprint density at radius 1 is 1.41 bits per heavy atom. The minimum atomic E-state index is 0.438. The molecule has 17 heavy (non-hydrogen) atoms. The molecule has 1 aliphatic rings. The fourth-order valence-electron chi connectivity index (χ4n) is 2.33. The van der Waals surface area contributed by atoms with Gasteiger partial charge in [0.2, 0.25) is 0 Å². The van der Waals surface area contributed by atoms with Gasteiger partial charge >= 0.3 is 0 Å². The summed E-state index contributed by atoms with van der Waals surface area (Å²) in [6.45, 7) is 5.24. The van der Waals surface area contributed by atoms with Crippen molar-refractivity contribution >= 4 is 23.6 Å². The molecular formula is C13H17ClN2O. The van der Waals surface area contributed by atoms with E-state index in [0.29, 0.717) is 16.6 Å². The summed E-state index contributed by atoms with van der Waals surface area (Å²) in [6, 6.07) is 5.93. The van der Waals surface area contributed by atoms with E-state index in [1.165, 1.54) is 0 Å². The molecule has 92 valence electrons. The molecule has 2 rings (SSSR count). The number of piperazine rings is 1. The molecule has 0 saturated carbocycles. The van der Waals surface area contributed by atoms with Gasteiger partial charge in [-0.15, -0.1) is 0 Å². The van der Waals surface area contributed by atoms with Crippen molar-refractivity contribution in [1.29, 1.82) is 0 Å². The average Bonchev–Trinajstić information content (AvgIpc) is 2.30. The molecule has 3 nitrogen and oxygen atoms in total. The molecule has 0 amide bonds. The predicted octanol–water partition coefficient (Wildman–Crippen LogP) is 2.29. The van der Waals surface area contributed by atoms with E-state index < -0.39 is 0 Å². The van der Waals surface area contributed by atoms with Crippen LogP contribution in [0, 0.1) is 0 Å². The van der Waals surface area contributed by atoms with Crippen LogP contribution < -0.4 is 4.90 Å². The highest BCUT2D eigenvalue weighted by atomic mass is 35.5. The Morgan fingerprint density at radius 2 is 2.18 bits per heavy atom. The Balaban J connectivity index is 2.25. The highest BCUT2D eigenvalue weighted by Gasteiger charge is 2.23. The normalized spacial score (nSPS) is 21.6. The Hall–Kier alpha value is -1.06. The molecule has 1 heterocycles. The first-order valence-corrected chi connectivity index (χ1v) is 6.19. The van der Waals surface area contributed by atoms with E-state index in [4.69, 9.17) is 11.6 Å². The minimum Gasteiger partial charge on any atom is -0.365 e. The molecular weight excluding hydrogens is 236 g/mol. The number of aldehydes is 1. The molecule has 1 aromatic rings. The van der Waals surface area contributed by atoms with Crippen LogP contribution in [0.15, 0.2) is 18.2 Å². The maximum atomic E-state index is 10.7. The number of nitrogens with zero attached hydrogens (tertiary/aromatic N) is 2. The second-order valence-corrected chi connectivity index (χ2v) is 5.04. The number of carbonyl (C=O) groups excluding carboxylic acids is 1. The van der Waals surface area contributed by atoms with Crippen molar-refractivity contribution in [3.8, 4) is 0 Å². The van der Waals surface area contributed by atoms with Gasteiger partial charge < -0.3 is 9.80 Å². The number of likely N-dealkylation sites (N-methyl/N-ethyl adjacent to an activating group) is 1. The van der Waals surface area contributed by atoms with Crippen molar-refractivity contribution in [3.63, 3.8) is 0 Å². The SMILES string of the molecule is CC1CN(C)CCN1c1ccc(C=O)cc1Cl. The molecule has 0 radical (unpaired) electrons. The van der Waals surface area contributed by atoms with Crippen molar-refractivity contribution in [1.82, 2.24) is 4.90 Å². The number of hydrogen-bond acceptors (Lipinski definition) is 3. The van der Waals surface area contributed by atoms with Gasteiger partial charge in [-0.05, 0) is 32.2 Å². The van der Waals surface area contributed by atoms with Gasteiger partial charge in [0.05, 0.1) is 10.7 Å². The zero-order valence-corrected chi connectivity index (χ0v) is 10.9. The Labute approximate surface area is 107 Å². The second-order valence-electron chi connectivity index (χ2n) is 4.63. The topological polar surface area (TPSA) is 23.6 Å².